The Morgan fingerprint density at radius 3 is 2.35 bits per heavy atom. The molecule has 2 amide bonds. The molecule has 1 N–H and O–H groups in total. The van der Waals surface area contributed by atoms with Crippen LogP contribution in [0.15, 0.2) is 53.3 Å². The molecule has 0 saturated carbocycles. The number of para-hydroxylation sites is 3. The van der Waals surface area contributed by atoms with E-state index < -0.39 is 0 Å². The molecular formula is C30H41N5O2. The molecule has 0 atom stereocenters. The second-order valence-corrected chi connectivity index (χ2v) is 10.6. The Kier molecular flexibility index (Phi) is 8.29. The van der Waals surface area contributed by atoms with Gasteiger partial charge in [0.05, 0.1) is 11.0 Å². The van der Waals surface area contributed by atoms with Crippen molar-refractivity contribution in [1.82, 2.24) is 18.9 Å². The smallest absolute Gasteiger partial charge is 0.324 e. The molecule has 2 aliphatic rings. The van der Waals surface area contributed by atoms with Crippen molar-refractivity contribution in [3.05, 3.63) is 64.6 Å². The van der Waals surface area contributed by atoms with Crippen molar-refractivity contribution in [2.75, 3.05) is 38.0 Å². The van der Waals surface area contributed by atoms with Crippen LogP contribution < -0.4 is 11.0 Å². The van der Waals surface area contributed by atoms with E-state index >= 15 is 0 Å². The van der Waals surface area contributed by atoms with Crippen LogP contribution in [0.3, 0.4) is 0 Å². The summed E-state index contributed by atoms with van der Waals surface area (Å²) in [5.74, 6) is 0. The molecule has 2 aromatic carbocycles. The number of urea groups is 1. The number of aryl methyl sites for hydroxylation is 2. The predicted molar refractivity (Wildman–Crippen MR) is 150 cm³/mol. The molecule has 0 radical (unpaired) electrons. The number of piperidine rings is 2. The van der Waals surface area contributed by atoms with Gasteiger partial charge in [-0.25, -0.2) is 9.59 Å². The maximum Gasteiger partial charge on any atom is 0.329 e. The van der Waals surface area contributed by atoms with Crippen LogP contribution in [0.4, 0.5) is 10.5 Å². The van der Waals surface area contributed by atoms with Gasteiger partial charge in [-0.2, -0.15) is 0 Å². The largest absolute Gasteiger partial charge is 0.329 e. The van der Waals surface area contributed by atoms with E-state index in [0.717, 1.165) is 61.9 Å². The number of benzene rings is 2. The fourth-order valence-corrected chi connectivity index (χ4v) is 6.09. The summed E-state index contributed by atoms with van der Waals surface area (Å²) in [7, 11) is 0. The third kappa shape index (κ3) is 5.77. The number of hydrogen-bond acceptors (Lipinski definition) is 3. The number of carbonyl (C=O) groups is 1. The molecule has 2 fully saturated rings. The van der Waals surface area contributed by atoms with Crippen molar-refractivity contribution < 1.29 is 4.79 Å². The van der Waals surface area contributed by atoms with Crippen molar-refractivity contribution in [2.24, 2.45) is 0 Å². The molecule has 0 bridgehead atoms. The number of aromatic nitrogens is 2. The molecule has 37 heavy (non-hydrogen) atoms. The molecule has 1 aromatic heterocycles. The van der Waals surface area contributed by atoms with Crippen LogP contribution in [-0.4, -0.2) is 57.7 Å². The van der Waals surface area contributed by atoms with Crippen molar-refractivity contribution in [1.29, 1.82) is 0 Å². The minimum Gasteiger partial charge on any atom is -0.324 e. The molecule has 7 heteroatoms. The lowest BCUT2D eigenvalue weighted by Crippen LogP contribution is -2.43. The first-order chi connectivity index (χ1) is 18.2. The van der Waals surface area contributed by atoms with Crippen molar-refractivity contribution >= 4 is 22.8 Å². The monoisotopic (exact) mass is 503 g/mol. The average Bonchev–Trinajstić information content (AvgIpc) is 3.21. The number of carbonyl (C=O) groups excluding carboxylic acids is 1. The molecule has 0 spiro atoms. The molecule has 2 saturated heterocycles. The lowest BCUT2D eigenvalue weighted by Gasteiger charge is -2.32. The highest BCUT2D eigenvalue weighted by atomic mass is 16.2. The van der Waals surface area contributed by atoms with Crippen LogP contribution in [0.2, 0.25) is 0 Å². The quantitative estimate of drug-likeness (QED) is 0.442. The summed E-state index contributed by atoms with van der Waals surface area (Å²) in [4.78, 5) is 31.1. The Bertz CT molecular complexity index is 1250. The van der Waals surface area contributed by atoms with Gasteiger partial charge in [0.2, 0.25) is 0 Å². The van der Waals surface area contributed by atoms with Gasteiger partial charge in [-0.05, 0) is 81.9 Å². The number of imidazole rings is 1. The Labute approximate surface area is 220 Å². The normalized spacial score (nSPS) is 17.4. The minimum atomic E-state index is -0.0468. The summed E-state index contributed by atoms with van der Waals surface area (Å²) in [5.41, 5.74) is 4.21. The maximum atomic E-state index is 13.6. The van der Waals surface area contributed by atoms with E-state index in [9.17, 15) is 9.59 Å². The summed E-state index contributed by atoms with van der Waals surface area (Å²) in [6, 6.07) is 16.3. The lowest BCUT2D eigenvalue weighted by molar-refractivity contribution is 0.183. The summed E-state index contributed by atoms with van der Waals surface area (Å²) < 4.78 is 3.98. The van der Waals surface area contributed by atoms with Gasteiger partial charge in [0.25, 0.3) is 0 Å². The summed E-state index contributed by atoms with van der Waals surface area (Å²) in [6.45, 7) is 7.62. The van der Waals surface area contributed by atoms with Crippen molar-refractivity contribution in [3.63, 3.8) is 0 Å². The SMILES string of the molecule is CCCc1ccccc1NC(=O)N1CCC(n2c(=O)n(CCCN3CCCCC3)c3ccccc32)CC1. The Hall–Kier alpha value is -3.06. The van der Waals surface area contributed by atoms with Crippen LogP contribution in [0.1, 0.15) is 63.5 Å². The van der Waals surface area contributed by atoms with Gasteiger partial charge >= 0.3 is 11.7 Å². The number of rotatable bonds is 8. The van der Waals surface area contributed by atoms with Crippen LogP contribution in [0.25, 0.3) is 11.0 Å². The first-order valence-electron chi connectivity index (χ1n) is 14.2. The summed E-state index contributed by atoms with van der Waals surface area (Å²) >= 11 is 0. The molecule has 5 rings (SSSR count). The Morgan fingerprint density at radius 1 is 0.892 bits per heavy atom. The zero-order valence-corrected chi connectivity index (χ0v) is 22.2. The molecule has 0 unspecified atom stereocenters. The molecule has 198 valence electrons. The maximum absolute atomic E-state index is 13.6. The van der Waals surface area contributed by atoms with E-state index in [4.69, 9.17) is 0 Å². The third-order valence-electron chi connectivity index (χ3n) is 8.07. The lowest BCUT2D eigenvalue weighted by atomic mass is 10.0. The van der Waals surface area contributed by atoms with Gasteiger partial charge in [-0.3, -0.25) is 9.13 Å². The second kappa shape index (κ2) is 12.0. The first kappa shape index (κ1) is 25.6. The molecule has 7 nitrogen and oxygen atoms in total. The number of amides is 2. The topological polar surface area (TPSA) is 62.5 Å². The van der Waals surface area contributed by atoms with Gasteiger partial charge in [-0.15, -0.1) is 0 Å². The second-order valence-electron chi connectivity index (χ2n) is 10.6. The Morgan fingerprint density at radius 2 is 1.59 bits per heavy atom. The third-order valence-corrected chi connectivity index (χ3v) is 8.07. The number of nitrogens with one attached hydrogen (secondary N) is 1. The van der Waals surface area contributed by atoms with Crippen LogP contribution in [-0.2, 0) is 13.0 Å². The summed E-state index contributed by atoms with van der Waals surface area (Å²) in [6.07, 6.45) is 8.48. The van der Waals surface area contributed by atoms with Gasteiger partial charge in [0.1, 0.15) is 0 Å². The molecular weight excluding hydrogens is 462 g/mol. The zero-order valence-electron chi connectivity index (χ0n) is 22.2. The van der Waals surface area contributed by atoms with Crippen LogP contribution >= 0.6 is 0 Å². The highest BCUT2D eigenvalue weighted by Crippen LogP contribution is 2.27. The predicted octanol–water partition coefficient (Wildman–Crippen LogP) is 5.50. The van der Waals surface area contributed by atoms with E-state index in [1.165, 1.54) is 37.9 Å². The number of nitrogens with zero attached hydrogens (tertiary/aromatic N) is 4. The fourth-order valence-electron chi connectivity index (χ4n) is 6.09. The number of hydrogen-bond donors (Lipinski definition) is 1. The molecule has 3 aromatic rings. The number of likely N-dealkylation sites (tertiary alicyclic amines) is 2. The fraction of sp³-hybridized carbons (Fsp3) is 0.533. The van der Waals surface area contributed by atoms with Crippen LogP contribution in [0.5, 0.6) is 0 Å². The van der Waals surface area contributed by atoms with Crippen LogP contribution in [0, 0.1) is 0 Å². The minimum absolute atomic E-state index is 0.0468. The number of anilines is 1. The Balaban J connectivity index is 1.25. The highest BCUT2D eigenvalue weighted by Gasteiger charge is 2.27. The van der Waals surface area contributed by atoms with Gasteiger partial charge in [0, 0.05) is 31.4 Å². The van der Waals surface area contributed by atoms with Gasteiger partial charge in [0.15, 0.2) is 0 Å². The number of fused-ring (bicyclic) bond motifs is 1. The van der Waals surface area contributed by atoms with Gasteiger partial charge in [-0.1, -0.05) is 50.1 Å². The zero-order chi connectivity index (χ0) is 25.6. The van der Waals surface area contributed by atoms with E-state index in [-0.39, 0.29) is 17.8 Å². The van der Waals surface area contributed by atoms with E-state index in [0.29, 0.717) is 13.1 Å². The van der Waals surface area contributed by atoms with Crippen molar-refractivity contribution in [3.8, 4) is 0 Å². The molecule has 0 aliphatic carbocycles. The van der Waals surface area contributed by atoms with E-state index in [1.807, 2.05) is 44.4 Å². The van der Waals surface area contributed by atoms with E-state index in [1.54, 1.807) is 0 Å². The van der Waals surface area contributed by atoms with Gasteiger partial charge < -0.3 is 15.1 Å². The molecule has 3 heterocycles. The van der Waals surface area contributed by atoms with Crippen molar-refractivity contribution in [2.45, 2.75) is 70.9 Å². The molecule has 2 aliphatic heterocycles. The average molecular weight is 504 g/mol. The first-order valence-corrected chi connectivity index (χ1v) is 14.2. The highest BCUT2D eigenvalue weighted by molar-refractivity contribution is 5.90. The standard InChI is InChI=1S/C30H41N5O2/c1-2-11-24-12-4-5-13-26(24)31-29(36)33-22-16-25(17-23-33)35-28-15-7-6-14-27(28)34(30(35)37)21-10-20-32-18-8-3-9-19-32/h4-7,12-15,25H,2-3,8-11,16-23H2,1H3,(H,31,36). The van der Waals surface area contributed by atoms with E-state index in [2.05, 4.69) is 35.3 Å². The summed E-state index contributed by atoms with van der Waals surface area (Å²) in [5, 5.41) is 3.13.